The van der Waals surface area contributed by atoms with Crippen molar-refractivity contribution in [1.82, 2.24) is 5.32 Å². The number of nitrogens with one attached hydrogen (secondary N) is 2. The molecule has 0 bridgehead atoms. The molecule has 27 heavy (non-hydrogen) atoms. The van der Waals surface area contributed by atoms with Crippen molar-refractivity contribution < 1.29 is 22.0 Å². The normalized spacial score (nSPS) is 21.4. The molecule has 0 aromatic heterocycles. The van der Waals surface area contributed by atoms with E-state index in [1.54, 1.807) is 19.1 Å². The van der Waals surface area contributed by atoms with Gasteiger partial charge in [0.05, 0.1) is 22.3 Å². The summed E-state index contributed by atoms with van der Waals surface area (Å²) >= 11 is 0. The third kappa shape index (κ3) is 4.27. The first-order valence-electron chi connectivity index (χ1n) is 8.60. The molecule has 0 spiro atoms. The Bertz CT molecular complexity index is 943. The summed E-state index contributed by atoms with van der Waals surface area (Å²) in [6.45, 7) is 1.66. The van der Waals surface area contributed by atoms with Crippen LogP contribution in [0.1, 0.15) is 19.8 Å². The summed E-state index contributed by atoms with van der Waals surface area (Å²) in [6, 6.07) is 8.71. The van der Waals surface area contributed by atoms with Gasteiger partial charge in [0.2, 0.25) is 0 Å². The molecule has 1 heterocycles. The first-order valence-corrected chi connectivity index (χ1v) is 10.3. The lowest BCUT2D eigenvalue weighted by atomic mass is 10.0. The van der Waals surface area contributed by atoms with E-state index >= 15 is 0 Å². The molecule has 1 aliphatic rings. The van der Waals surface area contributed by atoms with Crippen LogP contribution >= 0.6 is 0 Å². The number of sulfone groups is 1. The van der Waals surface area contributed by atoms with Gasteiger partial charge < -0.3 is 10.6 Å². The highest BCUT2D eigenvalue weighted by atomic mass is 32.2. The largest absolute Gasteiger partial charge is 0.334 e. The molecule has 2 N–H and O–H groups in total. The molecule has 2 aromatic rings. The van der Waals surface area contributed by atoms with Gasteiger partial charge in [-0.1, -0.05) is 24.3 Å². The van der Waals surface area contributed by atoms with Gasteiger partial charge >= 0.3 is 6.03 Å². The molecule has 2 amide bonds. The molecule has 0 aliphatic carbocycles. The fraction of sp³-hybridized carbons (Fsp3) is 0.316. The van der Waals surface area contributed by atoms with Crippen molar-refractivity contribution in [3.05, 3.63) is 54.1 Å². The molecular weight excluding hydrogens is 374 g/mol. The van der Waals surface area contributed by atoms with E-state index in [1.165, 1.54) is 18.2 Å². The van der Waals surface area contributed by atoms with E-state index < -0.39 is 38.8 Å². The number of para-hydroxylation sites is 1. The number of benzene rings is 2. The summed E-state index contributed by atoms with van der Waals surface area (Å²) in [5.41, 5.74) is 0.196. The van der Waals surface area contributed by atoms with Gasteiger partial charge in [-0.05, 0) is 38.0 Å². The second kappa shape index (κ2) is 7.64. The number of carbonyl (C=O) groups excluding carboxylic acids is 1. The molecule has 2 unspecified atom stereocenters. The Morgan fingerprint density at radius 3 is 2.37 bits per heavy atom. The van der Waals surface area contributed by atoms with Crippen LogP contribution in [0.4, 0.5) is 19.3 Å². The molecule has 1 saturated heterocycles. The van der Waals surface area contributed by atoms with E-state index in [9.17, 15) is 22.0 Å². The highest BCUT2D eigenvalue weighted by molar-refractivity contribution is 7.92. The van der Waals surface area contributed by atoms with Crippen LogP contribution < -0.4 is 10.6 Å². The predicted molar refractivity (Wildman–Crippen MR) is 100 cm³/mol. The Morgan fingerprint density at radius 1 is 1.04 bits per heavy atom. The minimum atomic E-state index is -3.23. The zero-order valence-corrected chi connectivity index (χ0v) is 15.5. The summed E-state index contributed by atoms with van der Waals surface area (Å²) in [6.07, 6.45) is 1.03. The van der Waals surface area contributed by atoms with Crippen molar-refractivity contribution >= 4 is 21.6 Å². The SMILES string of the molecule is CC1CCC(NC(=O)Nc2ccccc2-c2c(F)cccc2F)CS1(=O)=O. The van der Waals surface area contributed by atoms with E-state index in [1.807, 2.05) is 0 Å². The maximum absolute atomic E-state index is 14.1. The Kier molecular flexibility index (Phi) is 5.46. The Balaban J connectivity index is 1.78. The number of carbonyl (C=O) groups is 1. The van der Waals surface area contributed by atoms with Gasteiger partial charge in [0.25, 0.3) is 0 Å². The highest BCUT2D eigenvalue weighted by Gasteiger charge is 2.32. The summed E-state index contributed by atoms with van der Waals surface area (Å²) in [5, 5.41) is 4.79. The minimum Gasteiger partial charge on any atom is -0.334 e. The van der Waals surface area contributed by atoms with Crippen molar-refractivity contribution in [1.29, 1.82) is 0 Å². The number of hydrogen-bond acceptors (Lipinski definition) is 3. The third-order valence-electron chi connectivity index (χ3n) is 4.71. The van der Waals surface area contributed by atoms with E-state index in [0.717, 1.165) is 12.1 Å². The topological polar surface area (TPSA) is 75.3 Å². The number of halogens is 2. The standard InChI is InChI=1S/C19H20F2N2O3S/c1-12-9-10-13(11-27(12,25)26)22-19(24)23-17-8-3-2-5-14(17)18-15(20)6-4-7-16(18)21/h2-8,12-13H,9-11H2,1H3,(H2,22,23,24). The molecule has 3 rings (SSSR count). The lowest BCUT2D eigenvalue weighted by Gasteiger charge is -2.27. The smallest absolute Gasteiger partial charge is 0.319 e. The molecular formula is C19H20F2N2O3S. The van der Waals surface area contributed by atoms with Crippen LogP contribution in [-0.2, 0) is 9.84 Å². The molecule has 0 saturated carbocycles. The van der Waals surface area contributed by atoms with Crippen LogP contribution in [0.5, 0.6) is 0 Å². The first-order chi connectivity index (χ1) is 12.8. The molecule has 1 aliphatic heterocycles. The lowest BCUT2D eigenvalue weighted by Crippen LogP contribution is -2.47. The van der Waals surface area contributed by atoms with Crippen LogP contribution in [0.15, 0.2) is 42.5 Å². The van der Waals surface area contributed by atoms with E-state index in [2.05, 4.69) is 10.6 Å². The second-order valence-electron chi connectivity index (χ2n) is 6.66. The van der Waals surface area contributed by atoms with Gasteiger partial charge in [0, 0.05) is 11.6 Å². The zero-order valence-electron chi connectivity index (χ0n) is 14.7. The Hall–Kier alpha value is -2.48. The number of anilines is 1. The van der Waals surface area contributed by atoms with Crippen molar-refractivity contribution in [2.45, 2.75) is 31.1 Å². The van der Waals surface area contributed by atoms with Crippen molar-refractivity contribution in [2.75, 3.05) is 11.1 Å². The molecule has 8 heteroatoms. The van der Waals surface area contributed by atoms with Gasteiger partial charge in [-0.2, -0.15) is 0 Å². The minimum absolute atomic E-state index is 0.120. The van der Waals surface area contributed by atoms with Gasteiger partial charge in [0.15, 0.2) is 9.84 Å². The van der Waals surface area contributed by atoms with Crippen molar-refractivity contribution in [2.24, 2.45) is 0 Å². The summed E-state index contributed by atoms with van der Waals surface area (Å²) in [5.74, 6) is -1.60. The van der Waals surface area contributed by atoms with Gasteiger partial charge in [-0.25, -0.2) is 22.0 Å². The fourth-order valence-electron chi connectivity index (χ4n) is 3.17. The fourth-order valence-corrected chi connectivity index (χ4v) is 4.80. The first kappa shape index (κ1) is 19.3. The highest BCUT2D eigenvalue weighted by Crippen LogP contribution is 2.32. The van der Waals surface area contributed by atoms with Crippen molar-refractivity contribution in [3.63, 3.8) is 0 Å². The molecule has 2 atom stereocenters. The molecule has 144 valence electrons. The van der Waals surface area contributed by atoms with Gasteiger partial charge in [0.1, 0.15) is 11.6 Å². The molecule has 1 fully saturated rings. The average Bonchev–Trinajstić information content (AvgIpc) is 2.59. The van der Waals surface area contributed by atoms with E-state index in [-0.39, 0.29) is 22.6 Å². The maximum atomic E-state index is 14.1. The zero-order chi connectivity index (χ0) is 19.6. The maximum Gasteiger partial charge on any atom is 0.319 e. The molecule has 2 aromatic carbocycles. The van der Waals surface area contributed by atoms with Crippen molar-refractivity contribution in [3.8, 4) is 11.1 Å². The van der Waals surface area contributed by atoms with E-state index in [4.69, 9.17) is 0 Å². The number of urea groups is 1. The Labute approximate surface area is 156 Å². The van der Waals surface area contributed by atoms with Crippen LogP contribution in [0, 0.1) is 11.6 Å². The number of rotatable bonds is 3. The van der Waals surface area contributed by atoms with Gasteiger partial charge in [-0.3, -0.25) is 0 Å². The van der Waals surface area contributed by atoms with Crippen LogP contribution in [0.3, 0.4) is 0 Å². The van der Waals surface area contributed by atoms with Gasteiger partial charge in [-0.15, -0.1) is 0 Å². The van der Waals surface area contributed by atoms with Crippen LogP contribution in [-0.4, -0.2) is 31.5 Å². The average molecular weight is 394 g/mol. The molecule has 0 radical (unpaired) electrons. The van der Waals surface area contributed by atoms with Crippen LogP contribution in [0.25, 0.3) is 11.1 Å². The summed E-state index contributed by atoms with van der Waals surface area (Å²) < 4.78 is 52.2. The monoisotopic (exact) mass is 394 g/mol. The number of amides is 2. The third-order valence-corrected chi connectivity index (χ3v) is 7.04. The Morgan fingerprint density at radius 2 is 1.70 bits per heavy atom. The van der Waals surface area contributed by atoms with Crippen LogP contribution in [0.2, 0.25) is 0 Å². The summed E-state index contributed by atoms with van der Waals surface area (Å²) in [4.78, 5) is 12.3. The quantitative estimate of drug-likeness (QED) is 0.833. The number of hydrogen-bond donors (Lipinski definition) is 2. The second-order valence-corrected chi connectivity index (χ2v) is 9.12. The summed E-state index contributed by atoms with van der Waals surface area (Å²) in [7, 11) is -3.23. The predicted octanol–water partition coefficient (Wildman–Crippen LogP) is 3.72. The van der Waals surface area contributed by atoms with E-state index in [0.29, 0.717) is 12.8 Å². The lowest BCUT2D eigenvalue weighted by molar-refractivity contribution is 0.248. The molecule has 5 nitrogen and oxygen atoms in total.